The van der Waals surface area contributed by atoms with Crippen LogP contribution < -0.4 is 14.4 Å². The second-order valence-electron chi connectivity index (χ2n) is 9.23. The van der Waals surface area contributed by atoms with Crippen molar-refractivity contribution in [1.82, 2.24) is 10.2 Å². The van der Waals surface area contributed by atoms with E-state index < -0.39 is 28.5 Å². The topological polar surface area (TPSA) is 96.0 Å². The van der Waals surface area contributed by atoms with Crippen LogP contribution in [0.4, 0.5) is 5.69 Å². The second-order valence-corrected chi connectivity index (χ2v) is 11.1. The fraction of sp³-hybridized carbons (Fsp3) is 0.440. The number of hydrogen-bond acceptors (Lipinski definition) is 5. The third-order valence-electron chi connectivity index (χ3n) is 5.63. The van der Waals surface area contributed by atoms with Gasteiger partial charge < -0.3 is 15.0 Å². The molecule has 2 amide bonds. The molecular formula is C25H35N3O5S. The Labute approximate surface area is 202 Å². The van der Waals surface area contributed by atoms with Gasteiger partial charge in [-0.3, -0.25) is 13.9 Å². The van der Waals surface area contributed by atoms with Crippen molar-refractivity contribution in [2.24, 2.45) is 0 Å². The quantitative estimate of drug-likeness (QED) is 0.584. The average molecular weight is 490 g/mol. The lowest BCUT2D eigenvalue weighted by Gasteiger charge is -2.31. The predicted molar refractivity (Wildman–Crippen MR) is 134 cm³/mol. The van der Waals surface area contributed by atoms with Crippen LogP contribution >= 0.6 is 0 Å². The largest absolute Gasteiger partial charge is 0.497 e. The molecule has 186 valence electrons. The number of methoxy groups -OCH3 is 1. The first-order valence-corrected chi connectivity index (χ1v) is 12.8. The van der Waals surface area contributed by atoms with Crippen molar-refractivity contribution < 1.29 is 22.7 Å². The van der Waals surface area contributed by atoms with E-state index in [1.807, 2.05) is 12.1 Å². The molecule has 0 saturated heterocycles. The number of benzene rings is 2. The van der Waals surface area contributed by atoms with Crippen molar-refractivity contribution in [2.45, 2.75) is 45.7 Å². The summed E-state index contributed by atoms with van der Waals surface area (Å²) in [6.07, 6.45) is 1.06. The lowest BCUT2D eigenvalue weighted by atomic mass is 9.87. The second kappa shape index (κ2) is 10.9. The number of rotatable bonds is 9. The monoisotopic (exact) mass is 489 g/mol. The van der Waals surface area contributed by atoms with E-state index in [0.29, 0.717) is 11.4 Å². The molecule has 9 heteroatoms. The van der Waals surface area contributed by atoms with Crippen molar-refractivity contribution >= 4 is 27.5 Å². The zero-order chi connectivity index (χ0) is 25.7. The Bertz CT molecular complexity index is 1090. The van der Waals surface area contributed by atoms with Crippen molar-refractivity contribution in [1.29, 1.82) is 0 Å². The van der Waals surface area contributed by atoms with Crippen LogP contribution in [0.5, 0.6) is 5.75 Å². The zero-order valence-electron chi connectivity index (χ0n) is 21.0. The summed E-state index contributed by atoms with van der Waals surface area (Å²) < 4.78 is 31.5. The van der Waals surface area contributed by atoms with E-state index in [9.17, 15) is 18.0 Å². The Hall–Kier alpha value is -3.07. The Morgan fingerprint density at radius 2 is 1.59 bits per heavy atom. The molecule has 0 fully saturated rings. The van der Waals surface area contributed by atoms with Gasteiger partial charge in [-0.25, -0.2) is 8.42 Å². The molecule has 0 spiro atoms. The summed E-state index contributed by atoms with van der Waals surface area (Å²) in [4.78, 5) is 27.2. The smallest absolute Gasteiger partial charge is 0.244 e. The first-order chi connectivity index (χ1) is 15.8. The summed E-state index contributed by atoms with van der Waals surface area (Å²) in [5.41, 5.74) is 2.12. The minimum atomic E-state index is -3.76. The molecule has 0 unspecified atom stereocenters. The lowest BCUT2D eigenvalue weighted by molar-refractivity contribution is -0.139. The number of carbonyl (C=O) groups excluding carboxylic acids is 2. The maximum Gasteiger partial charge on any atom is 0.244 e. The molecule has 0 aromatic heterocycles. The molecule has 8 nitrogen and oxygen atoms in total. The van der Waals surface area contributed by atoms with Crippen molar-refractivity contribution in [3.63, 3.8) is 0 Å². The summed E-state index contributed by atoms with van der Waals surface area (Å²) in [6, 6.07) is 13.5. The minimum absolute atomic E-state index is 0.0949. The molecule has 2 aromatic rings. The number of ether oxygens (including phenoxy) is 1. The fourth-order valence-electron chi connectivity index (χ4n) is 3.46. The van der Waals surface area contributed by atoms with Crippen LogP contribution in [0.2, 0.25) is 0 Å². The van der Waals surface area contributed by atoms with Gasteiger partial charge in [-0.15, -0.1) is 0 Å². The van der Waals surface area contributed by atoms with Crippen LogP contribution in [0.25, 0.3) is 0 Å². The highest BCUT2D eigenvalue weighted by Crippen LogP contribution is 2.26. The molecule has 2 rings (SSSR count). The summed E-state index contributed by atoms with van der Waals surface area (Å²) in [5.74, 6) is -0.164. The number of hydrogen-bond donors (Lipinski definition) is 1. The van der Waals surface area contributed by atoms with Gasteiger partial charge in [0.1, 0.15) is 18.3 Å². The Morgan fingerprint density at radius 1 is 1.03 bits per heavy atom. The van der Waals surface area contributed by atoms with Gasteiger partial charge in [0.2, 0.25) is 21.8 Å². The molecule has 2 aromatic carbocycles. The van der Waals surface area contributed by atoms with Crippen LogP contribution in [-0.4, -0.2) is 58.1 Å². The summed E-state index contributed by atoms with van der Waals surface area (Å²) in [5, 5.41) is 2.55. The van der Waals surface area contributed by atoms with Crippen molar-refractivity contribution in [3.8, 4) is 5.75 Å². The van der Waals surface area contributed by atoms with E-state index in [4.69, 9.17) is 4.74 Å². The SMILES string of the molecule is CNC(=O)[C@@H](C)N(Cc1ccc(OC)cc1)C(=O)CN(c1ccc(C(C)(C)C)cc1)S(C)(=O)=O. The van der Waals surface area contributed by atoms with Crippen LogP contribution in [0, 0.1) is 0 Å². The van der Waals surface area contributed by atoms with Gasteiger partial charge in [0, 0.05) is 13.6 Å². The van der Waals surface area contributed by atoms with E-state index in [-0.39, 0.29) is 17.9 Å². The van der Waals surface area contributed by atoms with E-state index in [2.05, 4.69) is 26.1 Å². The van der Waals surface area contributed by atoms with Crippen LogP contribution in [0.15, 0.2) is 48.5 Å². The number of sulfonamides is 1. The third kappa shape index (κ3) is 6.96. The zero-order valence-corrected chi connectivity index (χ0v) is 21.8. The number of anilines is 1. The highest BCUT2D eigenvalue weighted by molar-refractivity contribution is 7.92. The predicted octanol–water partition coefficient (Wildman–Crippen LogP) is 2.92. The summed E-state index contributed by atoms with van der Waals surface area (Å²) in [7, 11) is -0.703. The molecule has 0 aliphatic heterocycles. The van der Waals surface area contributed by atoms with E-state index >= 15 is 0 Å². The van der Waals surface area contributed by atoms with Crippen LogP contribution in [0.3, 0.4) is 0 Å². The molecule has 0 heterocycles. The number of amides is 2. The highest BCUT2D eigenvalue weighted by Gasteiger charge is 2.30. The minimum Gasteiger partial charge on any atom is -0.497 e. The van der Waals surface area contributed by atoms with Gasteiger partial charge in [-0.1, -0.05) is 45.0 Å². The van der Waals surface area contributed by atoms with Crippen molar-refractivity contribution in [3.05, 3.63) is 59.7 Å². The molecule has 1 N–H and O–H groups in total. The van der Waals surface area contributed by atoms with Crippen LogP contribution in [0.1, 0.15) is 38.8 Å². The fourth-order valence-corrected chi connectivity index (χ4v) is 4.31. The highest BCUT2D eigenvalue weighted by atomic mass is 32.2. The number of nitrogens with one attached hydrogen (secondary N) is 1. The van der Waals surface area contributed by atoms with Crippen LogP contribution in [-0.2, 0) is 31.6 Å². The Kier molecular flexibility index (Phi) is 8.72. The van der Waals surface area contributed by atoms with Gasteiger partial charge in [0.25, 0.3) is 0 Å². The number of carbonyl (C=O) groups is 2. The van der Waals surface area contributed by atoms with E-state index in [1.54, 1.807) is 50.4 Å². The molecule has 34 heavy (non-hydrogen) atoms. The van der Waals surface area contributed by atoms with Crippen molar-refractivity contribution in [2.75, 3.05) is 31.3 Å². The molecule has 1 atom stereocenters. The van der Waals surface area contributed by atoms with E-state index in [1.165, 1.54) is 11.9 Å². The summed E-state index contributed by atoms with van der Waals surface area (Å²) >= 11 is 0. The van der Waals surface area contributed by atoms with Gasteiger partial charge in [-0.05, 0) is 47.7 Å². The lowest BCUT2D eigenvalue weighted by Crippen LogP contribution is -2.50. The maximum absolute atomic E-state index is 13.4. The average Bonchev–Trinajstić information content (AvgIpc) is 2.79. The van der Waals surface area contributed by atoms with Gasteiger partial charge >= 0.3 is 0 Å². The first-order valence-electron chi connectivity index (χ1n) is 11.0. The normalized spacial score (nSPS) is 12.6. The van der Waals surface area contributed by atoms with Gasteiger partial charge in [0.15, 0.2) is 0 Å². The standard InChI is InChI=1S/C25H35N3O5S/c1-18(24(30)26-5)27(16-19-8-14-22(33-6)15-9-19)23(29)17-28(34(7,31)32)21-12-10-20(11-13-21)25(2,3)4/h8-15,18H,16-17H2,1-7H3,(H,26,30)/t18-/m1/s1. The summed E-state index contributed by atoms with van der Waals surface area (Å²) in [6.45, 7) is 7.53. The molecule has 0 aliphatic carbocycles. The Morgan fingerprint density at radius 3 is 2.03 bits per heavy atom. The van der Waals surface area contributed by atoms with Gasteiger partial charge in [0.05, 0.1) is 19.1 Å². The van der Waals surface area contributed by atoms with Gasteiger partial charge in [-0.2, -0.15) is 0 Å². The third-order valence-corrected chi connectivity index (χ3v) is 6.77. The number of likely N-dealkylation sites (N-methyl/N-ethyl adjacent to an activating group) is 1. The molecule has 0 saturated carbocycles. The molecule has 0 aliphatic rings. The molecular weight excluding hydrogens is 454 g/mol. The van der Waals surface area contributed by atoms with E-state index in [0.717, 1.165) is 21.7 Å². The first kappa shape index (κ1) is 27.2. The Balaban J connectivity index is 2.37. The number of nitrogens with zero attached hydrogens (tertiary/aromatic N) is 2. The maximum atomic E-state index is 13.4. The molecule has 0 bridgehead atoms. The molecule has 0 radical (unpaired) electrons.